The van der Waals surface area contributed by atoms with Crippen molar-refractivity contribution in [1.29, 1.82) is 5.26 Å². The van der Waals surface area contributed by atoms with Gasteiger partial charge in [-0.05, 0) is 18.9 Å². The van der Waals surface area contributed by atoms with Crippen molar-refractivity contribution < 1.29 is 9.21 Å². The van der Waals surface area contributed by atoms with Gasteiger partial charge in [0.05, 0.1) is 18.8 Å². The molecule has 1 heterocycles. The Labute approximate surface area is 102 Å². The Kier molecular flexibility index (Phi) is 4.77. The van der Waals surface area contributed by atoms with E-state index in [0.717, 1.165) is 5.56 Å². The Balaban J connectivity index is 2.79. The molecule has 92 valence electrons. The minimum atomic E-state index is -0.128. The van der Waals surface area contributed by atoms with E-state index in [9.17, 15) is 4.79 Å². The molecule has 0 aromatic carbocycles. The zero-order valence-electron chi connectivity index (χ0n) is 10.6. The molecule has 0 aliphatic heterocycles. The van der Waals surface area contributed by atoms with Crippen molar-refractivity contribution in [2.75, 3.05) is 13.1 Å². The van der Waals surface area contributed by atoms with Gasteiger partial charge in [0.1, 0.15) is 0 Å². The number of aryl methyl sites for hydroxylation is 1. The summed E-state index contributed by atoms with van der Waals surface area (Å²) >= 11 is 0. The van der Waals surface area contributed by atoms with Crippen molar-refractivity contribution >= 4 is 5.91 Å². The number of nitrogens with zero attached hydrogens (tertiary/aromatic N) is 2. The lowest BCUT2D eigenvalue weighted by molar-refractivity contribution is 0.0707. The quantitative estimate of drug-likeness (QED) is 0.786. The Bertz CT molecular complexity index is 415. The SMILES string of the molecule is Cc1ccoc1C(=O)N(CCC#N)CC(C)C. The van der Waals surface area contributed by atoms with Crippen LogP contribution in [0.3, 0.4) is 0 Å². The number of carbonyl (C=O) groups is 1. The van der Waals surface area contributed by atoms with Crippen molar-refractivity contribution in [3.8, 4) is 6.07 Å². The van der Waals surface area contributed by atoms with Crippen LogP contribution in [0.4, 0.5) is 0 Å². The van der Waals surface area contributed by atoms with Crippen LogP contribution in [-0.4, -0.2) is 23.9 Å². The van der Waals surface area contributed by atoms with E-state index < -0.39 is 0 Å². The van der Waals surface area contributed by atoms with E-state index >= 15 is 0 Å². The lowest BCUT2D eigenvalue weighted by Gasteiger charge is -2.22. The van der Waals surface area contributed by atoms with Crippen LogP contribution in [0.15, 0.2) is 16.7 Å². The third-order valence-electron chi connectivity index (χ3n) is 2.42. The first-order chi connectivity index (χ1) is 8.06. The molecule has 0 saturated carbocycles. The predicted octanol–water partition coefficient (Wildman–Crippen LogP) is 2.60. The van der Waals surface area contributed by atoms with Crippen LogP contribution >= 0.6 is 0 Å². The molecule has 0 radical (unpaired) electrons. The molecule has 0 saturated heterocycles. The molecule has 1 amide bonds. The first-order valence-corrected chi connectivity index (χ1v) is 5.76. The summed E-state index contributed by atoms with van der Waals surface area (Å²) < 4.78 is 5.19. The van der Waals surface area contributed by atoms with Crippen molar-refractivity contribution in [3.05, 3.63) is 23.7 Å². The fourth-order valence-electron chi connectivity index (χ4n) is 1.64. The monoisotopic (exact) mass is 234 g/mol. The molecule has 0 N–H and O–H groups in total. The van der Waals surface area contributed by atoms with Crippen molar-refractivity contribution in [2.24, 2.45) is 5.92 Å². The minimum absolute atomic E-state index is 0.128. The maximum atomic E-state index is 12.2. The smallest absolute Gasteiger partial charge is 0.289 e. The van der Waals surface area contributed by atoms with Gasteiger partial charge in [-0.1, -0.05) is 13.8 Å². The zero-order chi connectivity index (χ0) is 12.8. The van der Waals surface area contributed by atoms with Gasteiger partial charge >= 0.3 is 0 Å². The first kappa shape index (κ1) is 13.3. The second-order valence-electron chi connectivity index (χ2n) is 4.49. The fourth-order valence-corrected chi connectivity index (χ4v) is 1.64. The second kappa shape index (κ2) is 6.09. The Hall–Kier alpha value is -1.76. The van der Waals surface area contributed by atoms with Crippen LogP contribution in [0.2, 0.25) is 0 Å². The maximum absolute atomic E-state index is 12.2. The fraction of sp³-hybridized carbons (Fsp3) is 0.538. The molecule has 4 heteroatoms. The first-order valence-electron chi connectivity index (χ1n) is 5.76. The average Bonchev–Trinajstić information content (AvgIpc) is 2.69. The highest BCUT2D eigenvalue weighted by Gasteiger charge is 2.20. The lowest BCUT2D eigenvalue weighted by Crippen LogP contribution is -2.35. The van der Waals surface area contributed by atoms with Crippen molar-refractivity contribution in [1.82, 2.24) is 4.90 Å². The molecule has 4 nitrogen and oxygen atoms in total. The molecule has 1 aromatic rings. The van der Waals surface area contributed by atoms with E-state index in [0.29, 0.717) is 31.2 Å². The number of hydrogen-bond donors (Lipinski definition) is 0. The summed E-state index contributed by atoms with van der Waals surface area (Å²) in [6, 6.07) is 3.83. The molecular weight excluding hydrogens is 216 g/mol. The molecule has 0 aliphatic rings. The zero-order valence-corrected chi connectivity index (χ0v) is 10.6. The Morgan fingerprint density at radius 3 is 2.76 bits per heavy atom. The molecule has 0 fully saturated rings. The van der Waals surface area contributed by atoms with Crippen LogP contribution in [0.25, 0.3) is 0 Å². The van der Waals surface area contributed by atoms with Gasteiger partial charge in [-0.25, -0.2) is 0 Å². The third kappa shape index (κ3) is 3.63. The second-order valence-corrected chi connectivity index (χ2v) is 4.49. The summed E-state index contributed by atoms with van der Waals surface area (Å²) in [6.07, 6.45) is 1.86. The molecule has 0 bridgehead atoms. The maximum Gasteiger partial charge on any atom is 0.289 e. The number of amides is 1. The van der Waals surface area contributed by atoms with Crippen LogP contribution < -0.4 is 0 Å². The summed E-state index contributed by atoms with van der Waals surface area (Å²) in [5.41, 5.74) is 0.834. The summed E-state index contributed by atoms with van der Waals surface area (Å²) in [6.45, 7) is 7.02. The van der Waals surface area contributed by atoms with Crippen molar-refractivity contribution in [2.45, 2.75) is 27.2 Å². The van der Waals surface area contributed by atoms with Gasteiger partial charge < -0.3 is 9.32 Å². The Morgan fingerprint density at radius 1 is 1.59 bits per heavy atom. The largest absolute Gasteiger partial charge is 0.459 e. The number of rotatable bonds is 5. The van der Waals surface area contributed by atoms with Crippen LogP contribution in [0, 0.1) is 24.2 Å². The van der Waals surface area contributed by atoms with Gasteiger partial charge in [0.25, 0.3) is 5.91 Å². The highest BCUT2D eigenvalue weighted by Crippen LogP contribution is 2.13. The van der Waals surface area contributed by atoms with Gasteiger partial charge in [-0.2, -0.15) is 5.26 Å². The normalized spacial score (nSPS) is 10.3. The highest BCUT2D eigenvalue weighted by molar-refractivity contribution is 5.92. The van der Waals surface area contributed by atoms with E-state index in [2.05, 4.69) is 6.07 Å². The predicted molar refractivity (Wildman–Crippen MR) is 64.4 cm³/mol. The van der Waals surface area contributed by atoms with Gasteiger partial charge in [0.2, 0.25) is 0 Å². The van der Waals surface area contributed by atoms with Crippen molar-refractivity contribution in [3.63, 3.8) is 0 Å². The van der Waals surface area contributed by atoms with Gasteiger partial charge in [0.15, 0.2) is 5.76 Å². The molecule has 0 atom stereocenters. The van der Waals surface area contributed by atoms with Gasteiger partial charge in [-0.3, -0.25) is 4.79 Å². The van der Waals surface area contributed by atoms with Gasteiger partial charge in [-0.15, -0.1) is 0 Å². The number of furan rings is 1. The summed E-state index contributed by atoms with van der Waals surface area (Å²) in [5.74, 6) is 0.618. The Morgan fingerprint density at radius 2 is 2.29 bits per heavy atom. The van der Waals surface area contributed by atoms with E-state index in [1.807, 2.05) is 20.8 Å². The average molecular weight is 234 g/mol. The van der Waals surface area contributed by atoms with E-state index in [1.165, 1.54) is 6.26 Å². The molecular formula is C13H18N2O2. The molecule has 0 spiro atoms. The van der Waals surface area contributed by atoms with Crippen LogP contribution in [-0.2, 0) is 0 Å². The molecule has 17 heavy (non-hydrogen) atoms. The summed E-state index contributed by atoms with van der Waals surface area (Å²) in [5, 5.41) is 8.60. The minimum Gasteiger partial charge on any atom is -0.459 e. The number of hydrogen-bond acceptors (Lipinski definition) is 3. The van der Waals surface area contributed by atoms with E-state index in [-0.39, 0.29) is 5.91 Å². The number of nitriles is 1. The summed E-state index contributed by atoms with van der Waals surface area (Å²) in [7, 11) is 0. The molecule has 1 aromatic heterocycles. The third-order valence-corrected chi connectivity index (χ3v) is 2.42. The van der Waals surface area contributed by atoms with Crippen LogP contribution in [0.1, 0.15) is 36.4 Å². The topological polar surface area (TPSA) is 57.2 Å². The van der Waals surface area contributed by atoms with Crippen LogP contribution in [0.5, 0.6) is 0 Å². The highest BCUT2D eigenvalue weighted by atomic mass is 16.3. The molecule has 0 aliphatic carbocycles. The number of carbonyl (C=O) groups excluding carboxylic acids is 1. The van der Waals surface area contributed by atoms with E-state index in [4.69, 9.17) is 9.68 Å². The van der Waals surface area contributed by atoms with E-state index in [1.54, 1.807) is 11.0 Å². The molecule has 0 unspecified atom stereocenters. The lowest BCUT2D eigenvalue weighted by atomic mass is 10.2. The van der Waals surface area contributed by atoms with Gasteiger partial charge in [0, 0.05) is 18.7 Å². The standard InChI is InChI=1S/C13H18N2O2/c1-10(2)9-15(7-4-6-14)13(16)12-11(3)5-8-17-12/h5,8,10H,4,7,9H2,1-3H3. The molecule has 1 rings (SSSR count). The summed E-state index contributed by atoms with van der Waals surface area (Å²) in [4.78, 5) is 13.9.